The van der Waals surface area contributed by atoms with Crippen LogP contribution in [0.1, 0.15) is 38.2 Å². The van der Waals surface area contributed by atoms with Gasteiger partial charge in [-0.2, -0.15) is 0 Å². The molecule has 0 aliphatic rings. The summed E-state index contributed by atoms with van der Waals surface area (Å²) < 4.78 is 5.16. The standard InChI is InChI=1S/C22H26N2O4/c1-2-6-20(25)23-18-9-11-19(12-10-18)24-21(26)13-14-22(27)28-16-15-17-7-4-3-5-8-17/h3-5,7-12H,2,6,13-16H2,1H3,(H,23,25)(H,24,26). The van der Waals surface area contributed by atoms with Gasteiger partial charge in [0.1, 0.15) is 0 Å². The van der Waals surface area contributed by atoms with Crippen molar-refractivity contribution < 1.29 is 19.1 Å². The molecule has 28 heavy (non-hydrogen) atoms. The average Bonchev–Trinajstić information content (AvgIpc) is 2.69. The molecule has 0 unspecified atom stereocenters. The minimum atomic E-state index is -0.389. The zero-order valence-corrected chi connectivity index (χ0v) is 16.1. The summed E-state index contributed by atoms with van der Waals surface area (Å²) in [5.41, 5.74) is 2.39. The molecule has 2 aromatic carbocycles. The first kappa shape index (κ1) is 21.2. The highest BCUT2D eigenvalue weighted by molar-refractivity contribution is 5.94. The largest absolute Gasteiger partial charge is 0.465 e. The molecule has 0 spiro atoms. The van der Waals surface area contributed by atoms with E-state index in [1.807, 2.05) is 37.3 Å². The Kier molecular flexibility index (Phi) is 8.72. The van der Waals surface area contributed by atoms with E-state index in [-0.39, 0.29) is 30.6 Å². The van der Waals surface area contributed by atoms with E-state index < -0.39 is 0 Å². The van der Waals surface area contributed by atoms with Crippen LogP contribution in [0.5, 0.6) is 0 Å². The molecule has 2 N–H and O–H groups in total. The predicted octanol–water partition coefficient (Wildman–Crippen LogP) is 3.93. The number of anilines is 2. The molecule has 2 rings (SSSR count). The average molecular weight is 382 g/mol. The summed E-state index contributed by atoms with van der Waals surface area (Å²) >= 11 is 0. The molecule has 0 saturated carbocycles. The molecule has 0 aromatic heterocycles. The summed E-state index contributed by atoms with van der Waals surface area (Å²) in [4.78, 5) is 35.3. The van der Waals surface area contributed by atoms with Crippen molar-refractivity contribution in [3.63, 3.8) is 0 Å². The lowest BCUT2D eigenvalue weighted by atomic mass is 10.2. The molecule has 0 aliphatic carbocycles. The van der Waals surface area contributed by atoms with Gasteiger partial charge in [-0.25, -0.2) is 0 Å². The number of benzene rings is 2. The van der Waals surface area contributed by atoms with Gasteiger partial charge in [0.25, 0.3) is 0 Å². The molecule has 0 saturated heterocycles. The van der Waals surface area contributed by atoms with E-state index in [0.29, 0.717) is 30.8 Å². The van der Waals surface area contributed by atoms with Crippen molar-refractivity contribution in [2.75, 3.05) is 17.2 Å². The molecule has 0 heterocycles. The van der Waals surface area contributed by atoms with Crippen LogP contribution < -0.4 is 10.6 Å². The van der Waals surface area contributed by atoms with E-state index in [2.05, 4.69) is 10.6 Å². The van der Waals surface area contributed by atoms with Crippen molar-refractivity contribution in [2.45, 2.75) is 39.0 Å². The lowest BCUT2D eigenvalue weighted by molar-refractivity contribution is -0.144. The molecule has 2 aromatic rings. The van der Waals surface area contributed by atoms with Crippen molar-refractivity contribution in [2.24, 2.45) is 0 Å². The van der Waals surface area contributed by atoms with Crippen LogP contribution in [0.15, 0.2) is 54.6 Å². The van der Waals surface area contributed by atoms with Crippen molar-refractivity contribution in [3.05, 3.63) is 60.2 Å². The highest BCUT2D eigenvalue weighted by atomic mass is 16.5. The Hall–Kier alpha value is -3.15. The molecule has 0 fully saturated rings. The maximum Gasteiger partial charge on any atom is 0.306 e. The van der Waals surface area contributed by atoms with Gasteiger partial charge in [-0.15, -0.1) is 0 Å². The van der Waals surface area contributed by atoms with Crippen LogP contribution in [0.3, 0.4) is 0 Å². The summed E-state index contributed by atoms with van der Waals surface area (Å²) in [5.74, 6) is -0.687. The summed E-state index contributed by atoms with van der Waals surface area (Å²) in [6, 6.07) is 16.6. The monoisotopic (exact) mass is 382 g/mol. The maximum atomic E-state index is 12.0. The van der Waals surface area contributed by atoms with Crippen molar-refractivity contribution in [1.29, 1.82) is 0 Å². The molecule has 0 radical (unpaired) electrons. The zero-order valence-electron chi connectivity index (χ0n) is 16.1. The number of hydrogen-bond acceptors (Lipinski definition) is 4. The first-order chi connectivity index (χ1) is 13.6. The minimum Gasteiger partial charge on any atom is -0.465 e. The Morgan fingerprint density at radius 3 is 1.93 bits per heavy atom. The van der Waals surface area contributed by atoms with Crippen molar-refractivity contribution in [3.8, 4) is 0 Å². The summed E-state index contributed by atoms with van der Waals surface area (Å²) in [5, 5.41) is 5.51. The third kappa shape index (κ3) is 8.03. The molecular weight excluding hydrogens is 356 g/mol. The fourth-order valence-electron chi connectivity index (χ4n) is 2.53. The van der Waals surface area contributed by atoms with Gasteiger partial charge in [0, 0.05) is 30.6 Å². The van der Waals surface area contributed by atoms with Gasteiger partial charge in [-0.05, 0) is 36.2 Å². The molecule has 0 aliphatic heterocycles. The summed E-state index contributed by atoms with van der Waals surface area (Å²) in [6.45, 7) is 2.24. The SMILES string of the molecule is CCCC(=O)Nc1ccc(NC(=O)CCC(=O)OCCc2ccccc2)cc1. The van der Waals surface area contributed by atoms with E-state index in [4.69, 9.17) is 4.74 Å². The minimum absolute atomic E-state index is 0.0335. The second-order valence-corrected chi connectivity index (χ2v) is 6.38. The molecule has 148 valence electrons. The van der Waals surface area contributed by atoms with E-state index in [0.717, 1.165) is 12.0 Å². The molecule has 2 amide bonds. The van der Waals surface area contributed by atoms with Gasteiger partial charge in [0.15, 0.2) is 0 Å². The van der Waals surface area contributed by atoms with Gasteiger partial charge >= 0.3 is 5.97 Å². The number of carbonyl (C=O) groups excluding carboxylic acids is 3. The molecule has 6 nitrogen and oxygen atoms in total. The van der Waals surface area contributed by atoms with Gasteiger partial charge in [-0.1, -0.05) is 37.3 Å². The third-order valence-electron chi connectivity index (χ3n) is 3.98. The second kappa shape index (κ2) is 11.5. The van der Waals surface area contributed by atoms with Crippen LogP contribution in [0.4, 0.5) is 11.4 Å². The van der Waals surface area contributed by atoms with Gasteiger partial charge in [0.05, 0.1) is 13.0 Å². The number of hydrogen-bond donors (Lipinski definition) is 2. The summed E-state index contributed by atoms with van der Waals surface area (Å²) in [6.07, 6.45) is 2.00. The van der Waals surface area contributed by atoms with Crippen LogP contribution in [0.2, 0.25) is 0 Å². The van der Waals surface area contributed by atoms with Gasteiger partial charge in [0.2, 0.25) is 11.8 Å². The maximum absolute atomic E-state index is 12.0. The predicted molar refractivity (Wildman–Crippen MR) is 109 cm³/mol. The number of ether oxygens (including phenoxy) is 1. The number of amides is 2. The molecular formula is C22H26N2O4. The molecule has 6 heteroatoms. The van der Waals surface area contributed by atoms with Crippen LogP contribution in [-0.4, -0.2) is 24.4 Å². The fourth-order valence-corrected chi connectivity index (χ4v) is 2.53. The number of rotatable bonds is 10. The van der Waals surface area contributed by atoms with E-state index in [1.165, 1.54) is 0 Å². The number of carbonyl (C=O) groups is 3. The Balaban J connectivity index is 1.66. The highest BCUT2D eigenvalue weighted by Crippen LogP contribution is 2.14. The van der Waals surface area contributed by atoms with Gasteiger partial charge < -0.3 is 15.4 Å². The number of nitrogens with one attached hydrogen (secondary N) is 2. The molecule has 0 bridgehead atoms. The lowest BCUT2D eigenvalue weighted by Gasteiger charge is -2.08. The van der Waals surface area contributed by atoms with Crippen LogP contribution in [-0.2, 0) is 25.5 Å². The first-order valence-corrected chi connectivity index (χ1v) is 9.46. The quantitative estimate of drug-likeness (QED) is 0.610. The number of esters is 1. The Bertz CT molecular complexity index is 773. The van der Waals surface area contributed by atoms with Crippen molar-refractivity contribution in [1.82, 2.24) is 0 Å². The van der Waals surface area contributed by atoms with Crippen LogP contribution >= 0.6 is 0 Å². The third-order valence-corrected chi connectivity index (χ3v) is 3.98. The molecule has 0 atom stereocenters. The fraction of sp³-hybridized carbons (Fsp3) is 0.318. The van der Waals surface area contributed by atoms with Gasteiger partial charge in [-0.3, -0.25) is 14.4 Å². The van der Waals surface area contributed by atoms with Crippen LogP contribution in [0.25, 0.3) is 0 Å². The van der Waals surface area contributed by atoms with E-state index in [1.54, 1.807) is 24.3 Å². The van der Waals surface area contributed by atoms with Crippen molar-refractivity contribution >= 4 is 29.2 Å². The van der Waals surface area contributed by atoms with E-state index in [9.17, 15) is 14.4 Å². The highest BCUT2D eigenvalue weighted by Gasteiger charge is 2.09. The normalized spacial score (nSPS) is 10.2. The Morgan fingerprint density at radius 2 is 1.36 bits per heavy atom. The first-order valence-electron chi connectivity index (χ1n) is 9.46. The Morgan fingerprint density at radius 1 is 0.786 bits per heavy atom. The summed E-state index contributed by atoms with van der Waals surface area (Å²) in [7, 11) is 0. The van der Waals surface area contributed by atoms with E-state index >= 15 is 0 Å². The topological polar surface area (TPSA) is 84.5 Å². The smallest absolute Gasteiger partial charge is 0.306 e. The lowest BCUT2D eigenvalue weighted by Crippen LogP contribution is -2.15. The van der Waals surface area contributed by atoms with Crippen LogP contribution in [0, 0.1) is 0 Å². The second-order valence-electron chi connectivity index (χ2n) is 6.38. The Labute approximate surface area is 165 Å². The zero-order chi connectivity index (χ0) is 20.2.